The fourth-order valence-electron chi connectivity index (χ4n) is 1.19. The van der Waals surface area contributed by atoms with Crippen LogP contribution in [0.1, 0.15) is 5.89 Å². The number of aliphatic hydroxyl groups is 1. The monoisotopic (exact) mass is 221 g/mol. The second-order valence-electron chi connectivity index (χ2n) is 2.98. The van der Waals surface area contributed by atoms with Crippen LogP contribution in [0.15, 0.2) is 28.8 Å². The highest BCUT2D eigenvalue weighted by molar-refractivity contribution is 5.58. The first-order chi connectivity index (χ1) is 7.70. The number of nitro benzene ring substituents is 1. The van der Waals surface area contributed by atoms with Gasteiger partial charge in [0.05, 0.1) is 4.92 Å². The van der Waals surface area contributed by atoms with Gasteiger partial charge in [0.1, 0.15) is 6.61 Å². The average Bonchev–Trinajstić information content (AvgIpc) is 2.77. The number of aliphatic hydroxyl groups excluding tert-OH is 1. The van der Waals surface area contributed by atoms with Crippen LogP contribution in [-0.4, -0.2) is 20.2 Å². The van der Waals surface area contributed by atoms with Crippen molar-refractivity contribution in [3.8, 4) is 11.4 Å². The van der Waals surface area contributed by atoms with Gasteiger partial charge in [-0.3, -0.25) is 10.1 Å². The van der Waals surface area contributed by atoms with Crippen LogP contribution in [0.25, 0.3) is 11.4 Å². The van der Waals surface area contributed by atoms with Crippen LogP contribution in [0.4, 0.5) is 5.69 Å². The van der Waals surface area contributed by atoms with Gasteiger partial charge in [-0.05, 0) is 0 Å². The topological polar surface area (TPSA) is 102 Å². The fourth-order valence-corrected chi connectivity index (χ4v) is 1.19. The minimum Gasteiger partial charge on any atom is -0.387 e. The van der Waals surface area contributed by atoms with E-state index >= 15 is 0 Å². The first-order valence-electron chi connectivity index (χ1n) is 4.39. The van der Waals surface area contributed by atoms with E-state index in [-0.39, 0.29) is 24.0 Å². The highest BCUT2D eigenvalue weighted by atomic mass is 16.6. The van der Waals surface area contributed by atoms with Crippen LogP contribution in [0.3, 0.4) is 0 Å². The summed E-state index contributed by atoms with van der Waals surface area (Å²) in [4.78, 5) is 13.9. The molecule has 0 aliphatic carbocycles. The number of benzene rings is 1. The second kappa shape index (κ2) is 4.07. The Bertz CT molecular complexity index is 523. The number of nitrogens with zero attached hydrogens (tertiary/aromatic N) is 3. The van der Waals surface area contributed by atoms with E-state index in [4.69, 9.17) is 5.11 Å². The largest absolute Gasteiger partial charge is 0.387 e. The maximum absolute atomic E-state index is 10.5. The third kappa shape index (κ3) is 1.89. The van der Waals surface area contributed by atoms with Gasteiger partial charge in [-0.1, -0.05) is 17.3 Å². The predicted octanol–water partition coefficient (Wildman–Crippen LogP) is 1.14. The van der Waals surface area contributed by atoms with Gasteiger partial charge in [-0.2, -0.15) is 4.98 Å². The summed E-state index contributed by atoms with van der Waals surface area (Å²) in [6.07, 6.45) is 0. The summed E-state index contributed by atoms with van der Waals surface area (Å²) in [5.41, 5.74) is 0.422. The van der Waals surface area contributed by atoms with Gasteiger partial charge in [0.2, 0.25) is 5.82 Å². The Kier molecular flexibility index (Phi) is 2.61. The van der Waals surface area contributed by atoms with Crippen molar-refractivity contribution in [2.45, 2.75) is 6.61 Å². The molecular formula is C9H7N3O4. The lowest BCUT2D eigenvalue weighted by atomic mass is 10.2. The van der Waals surface area contributed by atoms with Crippen molar-refractivity contribution < 1.29 is 14.6 Å². The molecular weight excluding hydrogens is 214 g/mol. The molecule has 16 heavy (non-hydrogen) atoms. The molecule has 7 heteroatoms. The van der Waals surface area contributed by atoms with Crippen molar-refractivity contribution >= 4 is 5.69 Å². The van der Waals surface area contributed by atoms with E-state index in [0.29, 0.717) is 5.56 Å². The van der Waals surface area contributed by atoms with Crippen LogP contribution in [0.5, 0.6) is 0 Å². The fraction of sp³-hybridized carbons (Fsp3) is 0.111. The molecule has 0 saturated heterocycles. The van der Waals surface area contributed by atoms with Crippen molar-refractivity contribution in [2.24, 2.45) is 0 Å². The van der Waals surface area contributed by atoms with Gasteiger partial charge in [0, 0.05) is 17.7 Å². The number of hydrogen-bond donors (Lipinski definition) is 1. The molecule has 1 aromatic carbocycles. The first-order valence-corrected chi connectivity index (χ1v) is 4.39. The lowest BCUT2D eigenvalue weighted by Crippen LogP contribution is -1.89. The Labute approximate surface area is 89.5 Å². The molecule has 0 atom stereocenters. The second-order valence-corrected chi connectivity index (χ2v) is 2.98. The van der Waals surface area contributed by atoms with Crippen LogP contribution in [0, 0.1) is 10.1 Å². The summed E-state index contributed by atoms with van der Waals surface area (Å²) in [5, 5.41) is 22.9. The molecule has 0 fully saturated rings. The van der Waals surface area contributed by atoms with Gasteiger partial charge >= 0.3 is 0 Å². The molecule has 1 aromatic heterocycles. The number of rotatable bonds is 3. The maximum atomic E-state index is 10.5. The van der Waals surface area contributed by atoms with E-state index in [2.05, 4.69) is 14.7 Å². The first kappa shape index (κ1) is 10.2. The molecule has 1 N–H and O–H groups in total. The zero-order valence-corrected chi connectivity index (χ0v) is 8.03. The van der Waals surface area contributed by atoms with Crippen LogP contribution in [-0.2, 0) is 6.61 Å². The van der Waals surface area contributed by atoms with E-state index in [9.17, 15) is 10.1 Å². The Morgan fingerprint density at radius 2 is 2.31 bits per heavy atom. The minimum absolute atomic E-state index is 0.0483. The van der Waals surface area contributed by atoms with Gasteiger partial charge in [0.15, 0.2) is 0 Å². The molecule has 1 heterocycles. The molecule has 0 aliphatic heterocycles. The average molecular weight is 221 g/mol. The van der Waals surface area contributed by atoms with Gasteiger partial charge in [0.25, 0.3) is 11.6 Å². The third-order valence-corrected chi connectivity index (χ3v) is 1.92. The minimum atomic E-state index is -0.503. The van der Waals surface area contributed by atoms with E-state index in [1.54, 1.807) is 6.07 Å². The molecule has 0 spiro atoms. The van der Waals surface area contributed by atoms with Crippen LogP contribution < -0.4 is 0 Å². The Balaban J connectivity index is 2.40. The molecule has 0 unspecified atom stereocenters. The molecule has 0 aliphatic rings. The van der Waals surface area contributed by atoms with Crippen molar-refractivity contribution in [1.82, 2.24) is 10.1 Å². The van der Waals surface area contributed by atoms with E-state index in [0.717, 1.165) is 0 Å². The smallest absolute Gasteiger partial charge is 0.270 e. The highest BCUT2D eigenvalue weighted by Crippen LogP contribution is 2.21. The summed E-state index contributed by atoms with van der Waals surface area (Å²) >= 11 is 0. The maximum Gasteiger partial charge on any atom is 0.270 e. The van der Waals surface area contributed by atoms with Crippen molar-refractivity contribution in [2.75, 3.05) is 0 Å². The quantitative estimate of drug-likeness (QED) is 0.615. The zero-order chi connectivity index (χ0) is 11.5. The zero-order valence-electron chi connectivity index (χ0n) is 8.03. The number of hydrogen-bond acceptors (Lipinski definition) is 6. The van der Waals surface area contributed by atoms with E-state index in [1.807, 2.05) is 0 Å². The van der Waals surface area contributed by atoms with E-state index in [1.165, 1.54) is 18.2 Å². The number of non-ortho nitro benzene ring substituents is 1. The highest BCUT2D eigenvalue weighted by Gasteiger charge is 2.11. The van der Waals surface area contributed by atoms with Crippen LogP contribution in [0.2, 0.25) is 0 Å². The lowest BCUT2D eigenvalue weighted by Gasteiger charge is -1.93. The summed E-state index contributed by atoms with van der Waals surface area (Å²) in [7, 11) is 0. The summed E-state index contributed by atoms with van der Waals surface area (Å²) in [5.74, 6) is 0.286. The summed E-state index contributed by atoms with van der Waals surface area (Å²) < 4.78 is 4.69. The van der Waals surface area contributed by atoms with Crippen LogP contribution >= 0.6 is 0 Å². The van der Waals surface area contributed by atoms with Crippen molar-refractivity contribution in [1.29, 1.82) is 0 Å². The van der Waals surface area contributed by atoms with Crippen molar-refractivity contribution in [3.63, 3.8) is 0 Å². The Hall–Kier alpha value is -2.28. The predicted molar refractivity (Wildman–Crippen MR) is 52.3 cm³/mol. The van der Waals surface area contributed by atoms with Crippen molar-refractivity contribution in [3.05, 3.63) is 40.3 Å². The standard InChI is InChI=1S/C9H7N3O4/c13-5-8-10-9(11-16-8)6-2-1-3-7(4-6)12(14)15/h1-4,13H,5H2. The number of aromatic nitrogens is 2. The molecule has 0 bridgehead atoms. The Morgan fingerprint density at radius 1 is 1.50 bits per heavy atom. The van der Waals surface area contributed by atoms with Gasteiger partial charge in [-0.25, -0.2) is 0 Å². The van der Waals surface area contributed by atoms with E-state index < -0.39 is 4.92 Å². The SMILES string of the molecule is O=[N+]([O-])c1cccc(-c2noc(CO)n2)c1. The molecule has 0 amide bonds. The molecule has 2 aromatic rings. The summed E-state index contributed by atoms with van der Waals surface area (Å²) in [6, 6.07) is 5.87. The normalized spacial score (nSPS) is 10.3. The van der Waals surface area contributed by atoms with Gasteiger partial charge in [-0.15, -0.1) is 0 Å². The molecule has 0 radical (unpaired) electrons. The summed E-state index contributed by atoms with van der Waals surface area (Å²) in [6.45, 7) is -0.359. The van der Waals surface area contributed by atoms with Gasteiger partial charge < -0.3 is 9.63 Å². The molecule has 0 saturated carbocycles. The Morgan fingerprint density at radius 3 is 2.94 bits per heavy atom. The molecule has 7 nitrogen and oxygen atoms in total. The molecule has 2 rings (SSSR count). The lowest BCUT2D eigenvalue weighted by molar-refractivity contribution is -0.384. The third-order valence-electron chi connectivity index (χ3n) is 1.92. The number of nitro groups is 1. The molecule has 82 valence electrons.